The highest BCUT2D eigenvalue weighted by atomic mass is 35.5. The largest absolute Gasteiger partial charge is 0.350 e. The zero-order valence-electron chi connectivity index (χ0n) is 13.6. The molecule has 0 aliphatic carbocycles. The van der Waals surface area contributed by atoms with Gasteiger partial charge in [-0.15, -0.1) is 11.3 Å². The van der Waals surface area contributed by atoms with Gasteiger partial charge in [0.05, 0.1) is 16.3 Å². The summed E-state index contributed by atoms with van der Waals surface area (Å²) in [6.45, 7) is 6.27. The minimum atomic E-state index is -0.0452. The third-order valence-corrected chi connectivity index (χ3v) is 5.04. The van der Waals surface area contributed by atoms with Gasteiger partial charge >= 0.3 is 0 Å². The second-order valence-corrected chi connectivity index (χ2v) is 6.88. The van der Waals surface area contributed by atoms with Crippen molar-refractivity contribution in [3.05, 3.63) is 45.9 Å². The van der Waals surface area contributed by atoms with Gasteiger partial charge in [0.2, 0.25) is 0 Å². The van der Waals surface area contributed by atoms with Gasteiger partial charge in [0.1, 0.15) is 4.83 Å². The van der Waals surface area contributed by atoms with Gasteiger partial charge in [0.15, 0.2) is 0 Å². The molecule has 126 valence electrons. The first-order chi connectivity index (χ1) is 11.6. The number of amides is 1. The predicted molar refractivity (Wildman–Crippen MR) is 99.6 cm³/mol. The number of thiophene rings is 1. The first-order valence-electron chi connectivity index (χ1n) is 7.84. The lowest BCUT2D eigenvalue weighted by atomic mass is 10.3. The number of aryl methyl sites for hydroxylation is 1. The average molecular weight is 363 g/mol. The van der Waals surface area contributed by atoms with E-state index in [0.717, 1.165) is 34.7 Å². The molecule has 1 aromatic carbocycles. The summed E-state index contributed by atoms with van der Waals surface area (Å²) in [5.74, 6) is -0.0452. The minimum absolute atomic E-state index is 0.0452. The van der Waals surface area contributed by atoms with Crippen LogP contribution in [0.25, 0.3) is 15.9 Å². The standard InChI is InChI=1S/C17H19ClN4OS/c1-3-19-8-9-20-16(23)15-10-14-11(2)21-22(17(14)24-15)13-6-4-12(18)5-7-13/h4-7,10,19H,3,8-9H2,1-2H3,(H,20,23). The zero-order chi connectivity index (χ0) is 17.1. The van der Waals surface area contributed by atoms with Crippen molar-refractivity contribution in [1.29, 1.82) is 0 Å². The maximum absolute atomic E-state index is 12.3. The van der Waals surface area contributed by atoms with E-state index >= 15 is 0 Å². The molecule has 0 fully saturated rings. The molecule has 5 nitrogen and oxygen atoms in total. The van der Waals surface area contributed by atoms with Crippen LogP contribution < -0.4 is 10.6 Å². The van der Waals surface area contributed by atoms with Crippen LogP contribution in [0.3, 0.4) is 0 Å². The molecule has 0 atom stereocenters. The maximum Gasteiger partial charge on any atom is 0.261 e. The summed E-state index contributed by atoms with van der Waals surface area (Å²) in [6, 6.07) is 9.43. The lowest BCUT2D eigenvalue weighted by Crippen LogP contribution is -2.31. The second-order valence-electron chi connectivity index (χ2n) is 5.41. The van der Waals surface area contributed by atoms with Crippen molar-refractivity contribution < 1.29 is 4.79 Å². The molecule has 0 radical (unpaired) electrons. The summed E-state index contributed by atoms with van der Waals surface area (Å²) in [4.78, 5) is 14.0. The fraction of sp³-hybridized carbons (Fsp3) is 0.294. The normalized spacial score (nSPS) is 11.1. The highest BCUT2D eigenvalue weighted by Crippen LogP contribution is 2.30. The summed E-state index contributed by atoms with van der Waals surface area (Å²) in [5.41, 5.74) is 1.83. The quantitative estimate of drug-likeness (QED) is 0.661. The number of hydrogen-bond acceptors (Lipinski definition) is 4. The molecule has 0 saturated carbocycles. The molecule has 0 saturated heterocycles. The van der Waals surface area contributed by atoms with E-state index in [2.05, 4.69) is 15.7 Å². The minimum Gasteiger partial charge on any atom is -0.350 e. The van der Waals surface area contributed by atoms with Crippen LogP contribution in [0.1, 0.15) is 22.3 Å². The molecule has 3 aromatic rings. The number of benzene rings is 1. The number of halogens is 1. The Labute approximate surface area is 149 Å². The van der Waals surface area contributed by atoms with Crippen molar-refractivity contribution in [1.82, 2.24) is 20.4 Å². The van der Waals surface area contributed by atoms with Crippen molar-refractivity contribution in [2.24, 2.45) is 0 Å². The molecular formula is C17H19ClN4OS. The van der Waals surface area contributed by atoms with Crippen molar-refractivity contribution in [3.8, 4) is 5.69 Å². The van der Waals surface area contributed by atoms with Gasteiger partial charge in [-0.1, -0.05) is 18.5 Å². The van der Waals surface area contributed by atoms with Crippen LogP contribution in [0.4, 0.5) is 0 Å². The molecule has 0 unspecified atom stereocenters. The Kier molecular flexibility index (Phi) is 5.18. The van der Waals surface area contributed by atoms with Crippen LogP contribution >= 0.6 is 22.9 Å². The van der Waals surface area contributed by atoms with E-state index in [9.17, 15) is 4.79 Å². The van der Waals surface area contributed by atoms with E-state index in [1.807, 2.05) is 48.9 Å². The van der Waals surface area contributed by atoms with Crippen LogP contribution in [0, 0.1) is 6.92 Å². The third kappa shape index (κ3) is 3.45. The number of aromatic nitrogens is 2. The first kappa shape index (κ1) is 17.0. The number of carbonyl (C=O) groups is 1. The molecule has 3 rings (SSSR count). The fourth-order valence-corrected chi connectivity index (χ4v) is 3.67. The van der Waals surface area contributed by atoms with Crippen LogP contribution in [0.5, 0.6) is 0 Å². The Morgan fingerprint density at radius 1 is 1.29 bits per heavy atom. The van der Waals surface area contributed by atoms with Crippen molar-refractivity contribution >= 4 is 39.1 Å². The molecule has 0 aliphatic rings. The fourth-order valence-electron chi connectivity index (χ4n) is 2.44. The smallest absolute Gasteiger partial charge is 0.261 e. The van der Waals surface area contributed by atoms with Crippen molar-refractivity contribution in [2.45, 2.75) is 13.8 Å². The molecule has 0 spiro atoms. The van der Waals surface area contributed by atoms with Gasteiger partial charge in [-0.05, 0) is 43.8 Å². The Morgan fingerprint density at radius 3 is 2.75 bits per heavy atom. The van der Waals surface area contributed by atoms with Gasteiger partial charge in [-0.2, -0.15) is 5.10 Å². The van der Waals surface area contributed by atoms with Crippen LogP contribution in [0.2, 0.25) is 5.02 Å². The second kappa shape index (κ2) is 7.34. The maximum atomic E-state index is 12.3. The molecule has 2 heterocycles. The van der Waals surface area contributed by atoms with Gasteiger partial charge in [0, 0.05) is 23.5 Å². The Morgan fingerprint density at radius 2 is 2.04 bits per heavy atom. The first-order valence-corrected chi connectivity index (χ1v) is 9.03. The summed E-state index contributed by atoms with van der Waals surface area (Å²) in [6.07, 6.45) is 0. The number of hydrogen-bond donors (Lipinski definition) is 2. The van der Waals surface area contributed by atoms with Gasteiger partial charge in [-0.3, -0.25) is 4.79 Å². The van der Waals surface area contributed by atoms with Gasteiger partial charge in [0.25, 0.3) is 5.91 Å². The number of likely N-dealkylation sites (N-methyl/N-ethyl adjacent to an activating group) is 1. The highest BCUT2D eigenvalue weighted by Gasteiger charge is 2.16. The van der Waals surface area contributed by atoms with Crippen molar-refractivity contribution in [3.63, 3.8) is 0 Å². The molecule has 2 aromatic heterocycles. The number of fused-ring (bicyclic) bond motifs is 1. The number of nitrogens with one attached hydrogen (secondary N) is 2. The predicted octanol–water partition coefficient (Wildman–Crippen LogP) is 3.39. The highest BCUT2D eigenvalue weighted by molar-refractivity contribution is 7.20. The van der Waals surface area contributed by atoms with Gasteiger partial charge in [-0.25, -0.2) is 4.68 Å². The monoisotopic (exact) mass is 362 g/mol. The summed E-state index contributed by atoms with van der Waals surface area (Å²) < 4.78 is 1.86. The SMILES string of the molecule is CCNCCNC(=O)c1cc2c(C)nn(-c3ccc(Cl)cc3)c2s1. The number of nitrogens with zero attached hydrogens (tertiary/aromatic N) is 2. The summed E-state index contributed by atoms with van der Waals surface area (Å²) >= 11 is 7.40. The topological polar surface area (TPSA) is 58.9 Å². The molecule has 2 N–H and O–H groups in total. The van der Waals surface area contributed by atoms with Crippen LogP contribution in [0.15, 0.2) is 30.3 Å². The van der Waals surface area contributed by atoms with E-state index < -0.39 is 0 Å². The third-order valence-electron chi connectivity index (χ3n) is 3.68. The van der Waals surface area contributed by atoms with E-state index in [0.29, 0.717) is 16.4 Å². The number of carbonyl (C=O) groups excluding carboxylic acids is 1. The van der Waals surface area contributed by atoms with Gasteiger partial charge < -0.3 is 10.6 Å². The molecule has 0 aliphatic heterocycles. The molecule has 24 heavy (non-hydrogen) atoms. The van der Waals surface area contributed by atoms with E-state index in [1.54, 1.807) is 0 Å². The van der Waals surface area contributed by atoms with Crippen LogP contribution in [-0.2, 0) is 0 Å². The Bertz CT molecular complexity index is 853. The van der Waals surface area contributed by atoms with Crippen LogP contribution in [-0.4, -0.2) is 35.3 Å². The lowest BCUT2D eigenvalue weighted by molar-refractivity contribution is 0.0958. The number of rotatable bonds is 6. The molecule has 7 heteroatoms. The Hall–Kier alpha value is -1.89. The Balaban J connectivity index is 1.87. The van der Waals surface area contributed by atoms with Crippen molar-refractivity contribution in [2.75, 3.05) is 19.6 Å². The average Bonchev–Trinajstić information content (AvgIpc) is 3.13. The molecular weight excluding hydrogens is 344 g/mol. The molecule has 1 amide bonds. The lowest BCUT2D eigenvalue weighted by Gasteiger charge is -2.04. The summed E-state index contributed by atoms with van der Waals surface area (Å²) in [7, 11) is 0. The van der Waals surface area contributed by atoms with E-state index in [1.165, 1.54) is 11.3 Å². The van der Waals surface area contributed by atoms with E-state index in [4.69, 9.17) is 11.6 Å². The molecule has 0 bridgehead atoms. The van der Waals surface area contributed by atoms with E-state index in [-0.39, 0.29) is 5.91 Å². The summed E-state index contributed by atoms with van der Waals surface area (Å²) in [5, 5.41) is 12.4. The zero-order valence-corrected chi connectivity index (χ0v) is 15.2.